The number of para-hydroxylation sites is 1. The van der Waals surface area contributed by atoms with E-state index in [9.17, 15) is 25.9 Å². The van der Waals surface area contributed by atoms with Gasteiger partial charge in [-0.2, -0.15) is 4.57 Å². The standard InChI is InChI=1S/C32H34N2O6S2/c1-32(2)30(34(20-9-23-42(38,39)40)29-17-16-24-10-3-4-13-27(24)31(29)32)15-7-11-25-18-21-33(19-8-22-41(35,36)37)28-14-6-5-12-26(25)28/h3-7,10-18,21H,8-9,19-20,22-23H2,1-2H3,(H-,35,36,37,38,39,40)/p-1. The summed E-state index contributed by atoms with van der Waals surface area (Å²) in [7, 11) is -8.59. The van der Waals surface area contributed by atoms with E-state index in [2.05, 4.69) is 49.1 Å². The van der Waals surface area contributed by atoms with Gasteiger partial charge in [-0.15, -0.1) is 0 Å². The summed E-state index contributed by atoms with van der Waals surface area (Å²) in [6, 6.07) is 22.1. The molecule has 1 aliphatic rings. The molecule has 2 heterocycles. The largest absolute Gasteiger partial charge is 0.748 e. The smallest absolute Gasteiger partial charge is 0.213 e. The summed E-state index contributed by atoms with van der Waals surface area (Å²) in [5, 5.41) is 3.24. The van der Waals surface area contributed by atoms with Gasteiger partial charge >= 0.3 is 0 Å². The molecule has 1 aromatic heterocycles. The van der Waals surface area contributed by atoms with Gasteiger partial charge in [0.15, 0.2) is 6.20 Å². The lowest BCUT2D eigenvalue weighted by Crippen LogP contribution is -2.35. The number of fused-ring (bicyclic) bond motifs is 4. The van der Waals surface area contributed by atoms with Crippen LogP contribution in [0.15, 0.2) is 90.8 Å². The van der Waals surface area contributed by atoms with Gasteiger partial charge < -0.3 is 14.0 Å². The Morgan fingerprint density at radius 1 is 0.833 bits per heavy atom. The normalized spacial score (nSPS) is 16.2. The SMILES string of the molecule is CC1(C)C(=CC=Cc2cc[n+](CCCS(=O)(=O)[O-])c3ccccc23)N(CCCS(=O)(=O)[O-])c2ccc3ccccc3c21. The zero-order valence-electron chi connectivity index (χ0n) is 23.6. The van der Waals surface area contributed by atoms with Crippen molar-refractivity contribution in [2.45, 2.75) is 38.6 Å². The predicted octanol–water partition coefficient (Wildman–Crippen LogP) is 4.85. The van der Waals surface area contributed by atoms with Crippen LogP contribution in [-0.4, -0.2) is 44.0 Å². The van der Waals surface area contributed by atoms with Crippen LogP contribution >= 0.6 is 0 Å². The van der Waals surface area contributed by atoms with Crippen molar-refractivity contribution in [3.63, 3.8) is 0 Å². The Hall–Kier alpha value is -3.57. The van der Waals surface area contributed by atoms with E-state index in [0.29, 0.717) is 13.1 Å². The first-order valence-electron chi connectivity index (χ1n) is 13.8. The number of nitrogens with zero attached hydrogens (tertiary/aromatic N) is 2. The Kier molecular flexibility index (Phi) is 8.26. The highest BCUT2D eigenvalue weighted by Gasteiger charge is 2.40. The average Bonchev–Trinajstić information content (AvgIpc) is 3.14. The molecule has 1 aliphatic heterocycles. The van der Waals surface area contributed by atoms with Gasteiger partial charge in [-0.05, 0) is 46.5 Å². The predicted molar refractivity (Wildman–Crippen MR) is 164 cm³/mol. The monoisotopic (exact) mass is 605 g/mol. The van der Waals surface area contributed by atoms with E-state index in [1.54, 1.807) is 0 Å². The summed E-state index contributed by atoms with van der Waals surface area (Å²) in [6.07, 6.45) is 8.39. The minimum absolute atomic E-state index is 0.214. The Balaban J connectivity index is 1.51. The van der Waals surface area contributed by atoms with E-state index in [-0.39, 0.29) is 18.3 Å². The van der Waals surface area contributed by atoms with Crippen molar-refractivity contribution in [3.8, 4) is 0 Å². The summed E-state index contributed by atoms with van der Waals surface area (Å²) in [5.41, 5.74) is 4.68. The molecule has 10 heteroatoms. The van der Waals surface area contributed by atoms with Crippen molar-refractivity contribution in [2.24, 2.45) is 0 Å². The van der Waals surface area contributed by atoms with Crippen molar-refractivity contribution in [1.82, 2.24) is 0 Å². The second-order valence-corrected chi connectivity index (χ2v) is 14.1. The maximum absolute atomic E-state index is 11.4. The van der Waals surface area contributed by atoms with Crippen molar-refractivity contribution < 1.29 is 30.5 Å². The van der Waals surface area contributed by atoms with Gasteiger partial charge in [0.25, 0.3) is 0 Å². The van der Waals surface area contributed by atoms with Crippen LogP contribution in [0, 0.1) is 0 Å². The molecule has 0 bridgehead atoms. The van der Waals surface area contributed by atoms with Crippen molar-refractivity contribution >= 4 is 53.7 Å². The molecule has 0 saturated heterocycles. The molecule has 0 N–H and O–H groups in total. The average molecular weight is 606 g/mol. The topological polar surface area (TPSA) is 122 Å². The molecule has 0 spiro atoms. The molecule has 42 heavy (non-hydrogen) atoms. The summed E-state index contributed by atoms with van der Waals surface area (Å²) in [6.45, 7) is 5.12. The number of rotatable bonds is 10. The molecule has 8 nitrogen and oxygen atoms in total. The summed E-state index contributed by atoms with van der Waals surface area (Å²) < 4.78 is 69.2. The fourth-order valence-electron chi connectivity index (χ4n) is 5.98. The molecular formula is C32H33N2O6S2-. The van der Waals surface area contributed by atoms with E-state index < -0.39 is 31.7 Å². The number of aromatic nitrogens is 1. The summed E-state index contributed by atoms with van der Waals surface area (Å²) in [4.78, 5) is 2.12. The number of allylic oxidation sites excluding steroid dienone is 3. The first-order chi connectivity index (χ1) is 19.9. The van der Waals surface area contributed by atoms with Crippen LogP contribution in [0.1, 0.15) is 37.8 Å². The minimum atomic E-state index is -4.32. The third kappa shape index (κ3) is 6.42. The molecule has 0 radical (unpaired) electrons. The van der Waals surface area contributed by atoms with Gasteiger partial charge in [0.05, 0.1) is 25.6 Å². The van der Waals surface area contributed by atoms with Crippen LogP contribution in [0.4, 0.5) is 5.69 Å². The van der Waals surface area contributed by atoms with E-state index >= 15 is 0 Å². The highest BCUT2D eigenvalue weighted by atomic mass is 32.2. The molecule has 0 aliphatic carbocycles. The highest BCUT2D eigenvalue weighted by Crippen LogP contribution is 2.50. The molecule has 220 valence electrons. The Labute approximate surface area is 247 Å². The lowest BCUT2D eigenvalue weighted by atomic mass is 9.81. The zero-order chi connectivity index (χ0) is 30.1. The second kappa shape index (κ2) is 11.6. The Morgan fingerprint density at radius 3 is 2.24 bits per heavy atom. The maximum Gasteiger partial charge on any atom is 0.213 e. The van der Waals surface area contributed by atoms with Gasteiger partial charge in [0.1, 0.15) is 6.54 Å². The van der Waals surface area contributed by atoms with E-state index in [1.807, 2.05) is 65.4 Å². The number of hydrogen-bond acceptors (Lipinski definition) is 7. The van der Waals surface area contributed by atoms with Crippen LogP contribution in [0.25, 0.3) is 27.8 Å². The van der Waals surface area contributed by atoms with Crippen LogP contribution in [0.5, 0.6) is 0 Å². The van der Waals surface area contributed by atoms with Gasteiger partial charge in [0.2, 0.25) is 5.52 Å². The van der Waals surface area contributed by atoms with E-state index in [0.717, 1.165) is 44.2 Å². The molecule has 0 saturated carbocycles. The van der Waals surface area contributed by atoms with Crippen LogP contribution in [0.3, 0.4) is 0 Å². The van der Waals surface area contributed by atoms with Crippen molar-refractivity contribution in [2.75, 3.05) is 23.0 Å². The van der Waals surface area contributed by atoms with E-state index in [1.165, 1.54) is 0 Å². The maximum atomic E-state index is 11.4. The third-order valence-corrected chi connectivity index (χ3v) is 9.39. The number of pyridine rings is 1. The first-order valence-corrected chi connectivity index (χ1v) is 17.0. The lowest BCUT2D eigenvalue weighted by Gasteiger charge is -2.27. The third-order valence-electron chi connectivity index (χ3n) is 7.81. The zero-order valence-corrected chi connectivity index (χ0v) is 25.2. The Bertz CT molecular complexity index is 1930. The fourth-order valence-corrected chi connectivity index (χ4v) is 6.94. The van der Waals surface area contributed by atoms with Gasteiger partial charge in [-0.3, -0.25) is 0 Å². The van der Waals surface area contributed by atoms with Crippen LogP contribution in [0.2, 0.25) is 0 Å². The summed E-state index contributed by atoms with van der Waals surface area (Å²) >= 11 is 0. The van der Waals surface area contributed by atoms with E-state index in [4.69, 9.17) is 0 Å². The molecule has 5 rings (SSSR count). The number of anilines is 1. The molecular weight excluding hydrogens is 572 g/mol. The molecule has 3 aromatic carbocycles. The lowest BCUT2D eigenvalue weighted by molar-refractivity contribution is -0.671. The van der Waals surface area contributed by atoms with Crippen LogP contribution in [-0.2, 0) is 32.2 Å². The van der Waals surface area contributed by atoms with Gasteiger partial charge in [-0.1, -0.05) is 68.5 Å². The quantitative estimate of drug-likeness (QED) is 0.187. The first kappa shape index (κ1) is 29.9. The number of benzene rings is 3. The number of hydrogen-bond donors (Lipinski definition) is 0. The van der Waals surface area contributed by atoms with Crippen molar-refractivity contribution in [3.05, 3.63) is 102 Å². The molecule has 0 atom stereocenters. The minimum Gasteiger partial charge on any atom is -0.748 e. The molecule has 0 amide bonds. The summed E-state index contributed by atoms with van der Waals surface area (Å²) in [5.74, 6) is -0.832. The number of aryl methyl sites for hydroxylation is 1. The highest BCUT2D eigenvalue weighted by molar-refractivity contribution is 7.85. The fraction of sp³-hybridized carbons (Fsp3) is 0.281. The molecule has 0 fully saturated rings. The van der Waals surface area contributed by atoms with Crippen molar-refractivity contribution in [1.29, 1.82) is 0 Å². The van der Waals surface area contributed by atoms with Gasteiger partial charge in [-0.25, -0.2) is 16.8 Å². The molecule has 0 unspecified atom stereocenters. The Morgan fingerprint density at radius 2 is 1.50 bits per heavy atom. The van der Waals surface area contributed by atoms with Crippen LogP contribution < -0.4 is 9.47 Å². The second-order valence-electron chi connectivity index (χ2n) is 11.1. The van der Waals surface area contributed by atoms with Gasteiger partial charge in [0, 0.05) is 53.4 Å². The molecule has 4 aromatic rings.